The van der Waals surface area contributed by atoms with E-state index >= 15 is 0 Å². The number of aliphatic hydroxyl groups is 1. The first-order valence-corrected chi connectivity index (χ1v) is 6.21. The normalized spacial score (nSPS) is 19.7. The van der Waals surface area contributed by atoms with Gasteiger partial charge in [0.05, 0.1) is 6.10 Å². The fraction of sp³-hybridized carbons (Fsp3) is 0.692. The van der Waals surface area contributed by atoms with E-state index in [0.29, 0.717) is 6.04 Å². The molecular weight excluding hydrogens is 200 g/mol. The van der Waals surface area contributed by atoms with Gasteiger partial charge in [-0.15, -0.1) is 0 Å². The van der Waals surface area contributed by atoms with Crippen molar-refractivity contribution in [2.24, 2.45) is 5.92 Å². The summed E-state index contributed by atoms with van der Waals surface area (Å²) in [5.41, 5.74) is 1.38. The Kier molecular flexibility index (Phi) is 3.66. The number of nitrogens with zero attached hydrogens (tertiary/aromatic N) is 1. The number of aryl methyl sites for hydroxylation is 1. The SMILES string of the molecule is CNC(c1ccn(CCC(C)O)c1)C1CC1. The molecule has 0 aromatic carbocycles. The standard InChI is InChI=1S/C13H22N2O/c1-10(16)5-7-15-8-6-12(9-15)13(14-2)11-3-4-11/h6,8-11,13-14,16H,3-5,7H2,1-2H3. The van der Waals surface area contributed by atoms with Crippen LogP contribution in [0.15, 0.2) is 18.5 Å². The molecule has 1 saturated carbocycles. The van der Waals surface area contributed by atoms with E-state index in [4.69, 9.17) is 0 Å². The second-order valence-corrected chi connectivity index (χ2v) is 4.92. The third-order valence-electron chi connectivity index (χ3n) is 3.34. The molecule has 2 unspecified atom stereocenters. The Balaban J connectivity index is 1.95. The summed E-state index contributed by atoms with van der Waals surface area (Å²) in [7, 11) is 2.04. The Bertz CT molecular complexity index is 328. The summed E-state index contributed by atoms with van der Waals surface area (Å²) in [6, 6.07) is 2.72. The zero-order valence-corrected chi connectivity index (χ0v) is 10.2. The number of hydrogen-bond donors (Lipinski definition) is 2. The van der Waals surface area contributed by atoms with Crippen molar-refractivity contribution in [3.8, 4) is 0 Å². The molecule has 16 heavy (non-hydrogen) atoms. The van der Waals surface area contributed by atoms with Gasteiger partial charge in [0.15, 0.2) is 0 Å². The van der Waals surface area contributed by atoms with Crippen LogP contribution in [0, 0.1) is 5.92 Å². The van der Waals surface area contributed by atoms with Crippen molar-refractivity contribution in [3.63, 3.8) is 0 Å². The van der Waals surface area contributed by atoms with E-state index in [2.05, 4.69) is 28.3 Å². The highest BCUT2D eigenvalue weighted by atomic mass is 16.3. The Morgan fingerprint density at radius 1 is 1.56 bits per heavy atom. The van der Waals surface area contributed by atoms with Gasteiger partial charge in [-0.05, 0) is 50.8 Å². The molecule has 1 aromatic heterocycles. The molecule has 1 aliphatic carbocycles. The minimum absolute atomic E-state index is 0.214. The summed E-state index contributed by atoms with van der Waals surface area (Å²) in [5, 5.41) is 12.6. The first kappa shape index (κ1) is 11.7. The Morgan fingerprint density at radius 3 is 2.88 bits per heavy atom. The van der Waals surface area contributed by atoms with Crippen LogP contribution in [0.3, 0.4) is 0 Å². The summed E-state index contributed by atoms with van der Waals surface area (Å²) < 4.78 is 2.18. The third kappa shape index (κ3) is 2.86. The Labute approximate surface area is 97.5 Å². The molecule has 3 nitrogen and oxygen atoms in total. The van der Waals surface area contributed by atoms with Crippen molar-refractivity contribution >= 4 is 0 Å². The molecule has 0 spiro atoms. The van der Waals surface area contributed by atoms with E-state index in [9.17, 15) is 5.11 Å². The lowest BCUT2D eigenvalue weighted by atomic mass is 10.1. The van der Waals surface area contributed by atoms with Crippen LogP contribution in [0.25, 0.3) is 0 Å². The summed E-state index contributed by atoms with van der Waals surface area (Å²) in [6.07, 6.45) is 7.64. The quantitative estimate of drug-likeness (QED) is 0.771. The van der Waals surface area contributed by atoms with Crippen LogP contribution in [0.4, 0.5) is 0 Å². The highest BCUT2D eigenvalue weighted by Crippen LogP contribution is 2.40. The molecule has 90 valence electrons. The maximum Gasteiger partial charge on any atom is 0.0529 e. The second-order valence-electron chi connectivity index (χ2n) is 4.92. The van der Waals surface area contributed by atoms with E-state index < -0.39 is 0 Å². The van der Waals surface area contributed by atoms with Crippen LogP contribution < -0.4 is 5.32 Å². The van der Waals surface area contributed by atoms with Gasteiger partial charge in [0.2, 0.25) is 0 Å². The van der Waals surface area contributed by atoms with Gasteiger partial charge < -0.3 is 15.0 Å². The van der Waals surface area contributed by atoms with Gasteiger partial charge >= 0.3 is 0 Å². The highest BCUT2D eigenvalue weighted by molar-refractivity contribution is 5.18. The largest absolute Gasteiger partial charge is 0.393 e. The van der Waals surface area contributed by atoms with Crippen molar-refractivity contribution in [2.75, 3.05) is 7.05 Å². The van der Waals surface area contributed by atoms with Crippen molar-refractivity contribution in [1.82, 2.24) is 9.88 Å². The predicted octanol–water partition coefficient (Wildman–Crippen LogP) is 1.93. The molecule has 1 aliphatic rings. The lowest BCUT2D eigenvalue weighted by Crippen LogP contribution is -2.17. The first-order chi connectivity index (χ1) is 7.70. The van der Waals surface area contributed by atoms with Gasteiger partial charge in [-0.2, -0.15) is 0 Å². The molecule has 0 amide bonds. The summed E-state index contributed by atoms with van der Waals surface area (Å²) in [6.45, 7) is 2.74. The zero-order valence-electron chi connectivity index (χ0n) is 10.2. The number of nitrogens with one attached hydrogen (secondary N) is 1. The van der Waals surface area contributed by atoms with Gasteiger partial charge in [-0.3, -0.25) is 0 Å². The summed E-state index contributed by atoms with van der Waals surface area (Å²) in [5.74, 6) is 0.831. The van der Waals surface area contributed by atoms with Crippen molar-refractivity contribution in [2.45, 2.75) is 44.9 Å². The molecule has 1 aromatic rings. The molecule has 0 bridgehead atoms. The first-order valence-electron chi connectivity index (χ1n) is 6.21. The van der Waals surface area contributed by atoms with E-state index in [1.165, 1.54) is 18.4 Å². The second kappa shape index (κ2) is 5.02. The fourth-order valence-corrected chi connectivity index (χ4v) is 2.22. The predicted molar refractivity (Wildman–Crippen MR) is 65.3 cm³/mol. The summed E-state index contributed by atoms with van der Waals surface area (Å²) in [4.78, 5) is 0. The fourth-order valence-electron chi connectivity index (χ4n) is 2.22. The lowest BCUT2D eigenvalue weighted by molar-refractivity contribution is 0.178. The molecular formula is C13H22N2O. The van der Waals surface area contributed by atoms with Crippen LogP contribution >= 0.6 is 0 Å². The van der Waals surface area contributed by atoms with E-state index in [1.54, 1.807) is 0 Å². The monoisotopic (exact) mass is 222 g/mol. The van der Waals surface area contributed by atoms with E-state index in [-0.39, 0.29) is 6.10 Å². The van der Waals surface area contributed by atoms with Crippen LogP contribution in [0.1, 0.15) is 37.8 Å². The van der Waals surface area contributed by atoms with Crippen LogP contribution in [-0.2, 0) is 6.54 Å². The molecule has 1 heterocycles. The average molecular weight is 222 g/mol. The summed E-state index contributed by atoms with van der Waals surface area (Å²) >= 11 is 0. The Morgan fingerprint density at radius 2 is 2.31 bits per heavy atom. The van der Waals surface area contributed by atoms with E-state index in [0.717, 1.165) is 18.9 Å². The molecule has 0 saturated heterocycles. The maximum absolute atomic E-state index is 9.25. The van der Waals surface area contributed by atoms with Gasteiger partial charge in [0.25, 0.3) is 0 Å². The molecule has 2 N–H and O–H groups in total. The minimum atomic E-state index is -0.214. The molecule has 1 fully saturated rings. The van der Waals surface area contributed by atoms with Gasteiger partial charge in [-0.1, -0.05) is 0 Å². The van der Waals surface area contributed by atoms with Crippen LogP contribution in [0.5, 0.6) is 0 Å². The highest BCUT2D eigenvalue weighted by Gasteiger charge is 2.31. The third-order valence-corrected chi connectivity index (χ3v) is 3.34. The van der Waals surface area contributed by atoms with Crippen molar-refractivity contribution in [3.05, 3.63) is 24.0 Å². The van der Waals surface area contributed by atoms with E-state index in [1.807, 2.05) is 14.0 Å². The number of aliphatic hydroxyl groups excluding tert-OH is 1. The number of hydrogen-bond acceptors (Lipinski definition) is 2. The average Bonchev–Trinajstić information content (AvgIpc) is 2.96. The maximum atomic E-state index is 9.25. The molecule has 0 radical (unpaired) electrons. The minimum Gasteiger partial charge on any atom is -0.393 e. The zero-order chi connectivity index (χ0) is 11.5. The Hall–Kier alpha value is -0.800. The number of rotatable bonds is 6. The van der Waals surface area contributed by atoms with Gasteiger partial charge in [0.1, 0.15) is 0 Å². The topological polar surface area (TPSA) is 37.2 Å². The molecule has 0 aliphatic heterocycles. The van der Waals surface area contributed by atoms with Crippen LogP contribution in [0.2, 0.25) is 0 Å². The molecule has 3 heteroatoms. The van der Waals surface area contributed by atoms with Crippen molar-refractivity contribution < 1.29 is 5.11 Å². The van der Waals surface area contributed by atoms with Crippen LogP contribution in [-0.4, -0.2) is 22.8 Å². The van der Waals surface area contributed by atoms with Crippen molar-refractivity contribution in [1.29, 1.82) is 0 Å². The lowest BCUT2D eigenvalue weighted by Gasteiger charge is -2.13. The van der Waals surface area contributed by atoms with Gasteiger partial charge in [0, 0.05) is 25.0 Å². The smallest absolute Gasteiger partial charge is 0.0529 e. The molecule has 2 rings (SSSR count). The van der Waals surface area contributed by atoms with Gasteiger partial charge in [-0.25, -0.2) is 0 Å². The molecule has 2 atom stereocenters. The number of aromatic nitrogens is 1.